The molecule has 0 bridgehead atoms. The van der Waals surface area contributed by atoms with Crippen molar-refractivity contribution in [1.29, 1.82) is 0 Å². The molecule has 0 aliphatic rings. The van der Waals surface area contributed by atoms with Crippen LogP contribution in [-0.2, 0) is 12.8 Å². The molecule has 2 aromatic carbocycles. The predicted octanol–water partition coefficient (Wildman–Crippen LogP) is 4.53. The minimum atomic E-state index is -4.62. The van der Waals surface area contributed by atoms with E-state index >= 15 is 0 Å². The molecule has 0 aliphatic carbocycles. The number of halogens is 4. The second-order valence-corrected chi connectivity index (χ2v) is 6.28. The molecule has 1 heterocycles. The highest BCUT2D eigenvalue weighted by atomic mass is 32.1. The monoisotopic (exact) mass is 397 g/mol. The van der Waals surface area contributed by atoms with E-state index in [-0.39, 0.29) is 34.5 Å². The molecule has 1 amide bonds. The lowest BCUT2D eigenvalue weighted by molar-refractivity contribution is -0.138. The Labute approximate surface area is 154 Å². The number of rotatable bonds is 5. The van der Waals surface area contributed by atoms with E-state index in [4.69, 9.17) is 4.74 Å². The average molecular weight is 397 g/mol. The smallest absolute Gasteiger partial charge is 0.445 e. The van der Waals surface area contributed by atoms with Gasteiger partial charge >= 0.3 is 6.18 Å². The molecule has 3 rings (SSSR count). The van der Waals surface area contributed by atoms with Crippen LogP contribution in [0.15, 0.2) is 48.5 Å². The summed E-state index contributed by atoms with van der Waals surface area (Å²) in [6.45, 7) is 0.163. The topological polar surface area (TPSA) is 64.1 Å². The van der Waals surface area contributed by atoms with Crippen LogP contribution in [0.5, 0.6) is 5.75 Å². The molecular formula is C17H11F4N3O2S. The Morgan fingerprint density at radius 1 is 1.11 bits per heavy atom. The van der Waals surface area contributed by atoms with Crippen molar-refractivity contribution in [2.75, 3.05) is 5.32 Å². The molecule has 0 fully saturated rings. The van der Waals surface area contributed by atoms with Gasteiger partial charge in [-0.05, 0) is 35.9 Å². The molecule has 0 unspecified atom stereocenters. The van der Waals surface area contributed by atoms with Crippen molar-refractivity contribution >= 4 is 22.4 Å². The van der Waals surface area contributed by atoms with Gasteiger partial charge in [-0.1, -0.05) is 29.5 Å². The quantitative estimate of drug-likeness (QED) is 0.643. The first-order valence-corrected chi connectivity index (χ1v) is 8.32. The highest BCUT2D eigenvalue weighted by Crippen LogP contribution is 2.33. The highest BCUT2D eigenvalue weighted by Gasteiger charge is 2.35. The second-order valence-electron chi connectivity index (χ2n) is 5.31. The maximum Gasteiger partial charge on any atom is 0.445 e. The fourth-order valence-electron chi connectivity index (χ4n) is 2.03. The molecule has 3 aromatic rings. The van der Waals surface area contributed by atoms with E-state index in [1.54, 1.807) is 24.3 Å². The number of alkyl halides is 3. The molecule has 0 radical (unpaired) electrons. The normalized spacial score (nSPS) is 11.3. The number of amides is 1. The number of carbonyl (C=O) groups excluding carboxylic acids is 1. The van der Waals surface area contributed by atoms with Gasteiger partial charge < -0.3 is 4.74 Å². The first-order chi connectivity index (χ1) is 12.8. The molecule has 0 spiro atoms. The summed E-state index contributed by atoms with van der Waals surface area (Å²) in [5, 5.41) is 7.17. The fraction of sp³-hybridized carbons (Fsp3) is 0.118. The fourth-order valence-corrected chi connectivity index (χ4v) is 2.64. The van der Waals surface area contributed by atoms with Gasteiger partial charge in [0.2, 0.25) is 10.1 Å². The van der Waals surface area contributed by atoms with E-state index in [9.17, 15) is 22.4 Å². The Bertz CT molecular complexity index is 942. The van der Waals surface area contributed by atoms with Gasteiger partial charge in [-0.15, -0.1) is 10.2 Å². The van der Waals surface area contributed by atoms with Gasteiger partial charge in [-0.2, -0.15) is 13.2 Å². The van der Waals surface area contributed by atoms with Gasteiger partial charge in [0, 0.05) is 5.56 Å². The molecule has 0 atom stereocenters. The Morgan fingerprint density at radius 3 is 2.52 bits per heavy atom. The van der Waals surface area contributed by atoms with Crippen LogP contribution in [0.1, 0.15) is 20.9 Å². The van der Waals surface area contributed by atoms with E-state index < -0.39 is 17.1 Å². The summed E-state index contributed by atoms with van der Waals surface area (Å²) in [5.74, 6) is -0.630. The highest BCUT2D eigenvalue weighted by molar-refractivity contribution is 7.15. The number of benzene rings is 2. The lowest BCUT2D eigenvalue weighted by Gasteiger charge is -2.08. The molecule has 0 saturated carbocycles. The van der Waals surface area contributed by atoms with E-state index in [2.05, 4.69) is 15.5 Å². The van der Waals surface area contributed by atoms with Crippen molar-refractivity contribution in [1.82, 2.24) is 10.2 Å². The molecule has 1 aromatic heterocycles. The SMILES string of the molecule is O=C(Nc1nnc(C(F)(F)F)s1)c1cccc(OCc2ccc(F)cc2)c1. The Balaban J connectivity index is 1.64. The second kappa shape index (κ2) is 7.70. The summed E-state index contributed by atoms with van der Waals surface area (Å²) in [6.07, 6.45) is -4.62. The molecular weight excluding hydrogens is 386 g/mol. The summed E-state index contributed by atoms with van der Waals surface area (Å²) in [4.78, 5) is 12.2. The van der Waals surface area contributed by atoms with Crippen LogP contribution in [0.2, 0.25) is 0 Å². The molecule has 1 N–H and O–H groups in total. The number of anilines is 1. The summed E-state index contributed by atoms with van der Waals surface area (Å²) in [7, 11) is 0. The third-order valence-electron chi connectivity index (χ3n) is 3.30. The molecule has 140 valence electrons. The number of carbonyl (C=O) groups is 1. The van der Waals surface area contributed by atoms with Gasteiger partial charge in [-0.3, -0.25) is 10.1 Å². The zero-order valence-corrected chi connectivity index (χ0v) is 14.3. The first kappa shape index (κ1) is 18.8. The van der Waals surface area contributed by atoms with E-state index in [0.29, 0.717) is 5.75 Å². The van der Waals surface area contributed by atoms with Gasteiger partial charge in [-0.25, -0.2) is 4.39 Å². The molecule has 10 heteroatoms. The van der Waals surface area contributed by atoms with E-state index in [0.717, 1.165) is 5.56 Å². The van der Waals surface area contributed by atoms with Crippen LogP contribution in [0, 0.1) is 5.82 Å². The zero-order chi connectivity index (χ0) is 19.4. The van der Waals surface area contributed by atoms with Crippen molar-refractivity contribution in [3.05, 3.63) is 70.5 Å². The number of nitrogens with one attached hydrogen (secondary N) is 1. The maximum absolute atomic E-state index is 12.9. The largest absolute Gasteiger partial charge is 0.489 e. The van der Waals surface area contributed by atoms with E-state index in [1.807, 2.05) is 0 Å². The lowest BCUT2D eigenvalue weighted by atomic mass is 10.2. The Hall–Kier alpha value is -3.01. The van der Waals surface area contributed by atoms with E-state index in [1.165, 1.54) is 24.3 Å². The minimum Gasteiger partial charge on any atom is -0.489 e. The average Bonchev–Trinajstić information content (AvgIpc) is 3.10. The van der Waals surface area contributed by atoms with Crippen LogP contribution in [0.4, 0.5) is 22.7 Å². The van der Waals surface area contributed by atoms with Crippen molar-refractivity contribution in [2.24, 2.45) is 0 Å². The number of hydrogen-bond acceptors (Lipinski definition) is 5. The summed E-state index contributed by atoms with van der Waals surface area (Å²) in [5.41, 5.74) is 0.912. The zero-order valence-electron chi connectivity index (χ0n) is 13.5. The van der Waals surface area contributed by atoms with Crippen LogP contribution in [0.25, 0.3) is 0 Å². The lowest BCUT2D eigenvalue weighted by Crippen LogP contribution is -2.11. The Morgan fingerprint density at radius 2 is 1.85 bits per heavy atom. The Kier molecular flexibility index (Phi) is 5.36. The van der Waals surface area contributed by atoms with Gasteiger partial charge in [0.15, 0.2) is 0 Å². The van der Waals surface area contributed by atoms with Crippen LogP contribution in [-0.4, -0.2) is 16.1 Å². The van der Waals surface area contributed by atoms with Crippen molar-refractivity contribution in [3.8, 4) is 5.75 Å². The standard InChI is InChI=1S/C17H11F4N3O2S/c18-12-6-4-10(5-7-12)9-26-13-3-1-2-11(8-13)14(25)22-16-24-23-15(27-16)17(19,20)21/h1-8H,9H2,(H,22,24,25). The maximum atomic E-state index is 12.9. The third-order valence-corrected chi connectivity index (χ3v) is 4.19. The van der Waals surface area contributed by atoms with Crippen LogP contribution >= 0.6 is 11.3 Å². The van der Waals surface area contributed by atoms with Crippen molar-refractivity contribution in [2.45, 2.75) is 12.8 Å². The number of hydrogen-bond donors (Lipinski definition) is 1. The molecule has 5 nitrogen and oxygen atoms in total. The van der Waals surface area contributed by atoms with Gasteiger partial charge in [0.05, 0.1) is 0 Å². The number of aromatic nitrogens is 2. The van der Waals surface area contributed by atoms with Gasteiger partial charge in [0.25, 0.3) is 5.91 Å². The van der Waals surface area contributed by atoms with Crippen molar-refractivity contribution in [3.63, 3.8) is 0 Å². The summed E-state index contributed by atoms with van der Waals surface area (Å²) in [6, 6.07) is 11.8. The van der Waals surface area contributed by atoms with Crippen LogP contribution in [0.3, 0.4) is 0 Å². The minimum absolute atomic E-state index is 0.163. The molecule has 0 saturated heterocycles. The molecule has 0 aliphatic heterocycles. The number of nitrogens with zero attached hydrogens (tertiary/aromatic N) is 2. The van der Waals surface area contributed by atoms with Gasteiger partial charge in [0.1, 0.15) is 18.2 Å². The van der Waals surface area contributed by atoms with Crippen LogP contribution < -0.4 is 10.1 Å². The summed E-state index contributed by atoms with van der Waals surface area (Å²) < 4.78 is 56.0. The predicted molar refractivity (Wildman–Crippen MR) is 90.0 cm³/mol. The van der Waals surface area contributed by atoms with Crippen molar-refractivity contribution < 1.29 is 27.1 Å². The first-order valence-electron chi connectivity index (χ1n) is 7.50. The summed E-state index contributed by atoms with van der Waals surface area (Å²) >= 11 is 0.235. The molecule has 27 heavy (non-hydrogen) atoms. The number of ether oxygens (including phenoxy) is 1. The third kappa shape index (κ3) is 5.00.